The molecule has 138 valence electrons. The fraction of sp³-hybridized carbons (Fsp3) is 0.474. The standard InChI is InChI=1S/C19H23ClN4O2/c1-23-15-5-6-16(23)11-14(10-15)21-19(25)18-7-8-24(22-18)12-26-17-4-2-3-13(20)9-17/h2-4,7-9,14-16H,5-6,10-12H2,1H3,(H,21,25)/t14?,15-,16+. The van der Waals surface area contributed by atoms with Crippen LogP contribution < -0.4 is 10.1 Å². The van der Waals surface area contributed by atoms with Crippen LogP contribution in [-0.4, -0.2) is 45.8 Å². The van der Waals surface area contributed by atoms with Crippen LogP contribution in [-0.2, 0) is 6.73 Å². The third kappa shape index (κ3) is 3.71. The number of halogens is 1. The molecule has 1 N–H and O–H groups in total. The van der Waals surface area contributed by atoms with E-state index in [0.717, 1.165) is 12.8 Å². The summed E-state index contributed by atoms with van der Waals surface area (Å²) in [6.07, 6.45) is 6.28. The molecule has 26 heavy (non-hydrogen) atoms. The summed E-state index contributed by atoms with van der Waals surface area (Å²) < 4.78 is 7.25. The van der Waals surface area contributed by atoms with Crippen LogP contribution in [0.4, 0.5) is 0 Å². The van der Waals surface area contributed by atoms with E-state index in [9.17, 15) is 4.79 Å². The van der Waals surface area contributed by atoms with Crippen molar-refractivity contribution in [3.05, 3.63) is 47.2 Å². The third-order valence-corrected chi connectivity index (χ3v) is 5.70. The molecule has 2 saturated heterocycles. The maximum atomic E-state index is 12.5. The maximum absolute atomic E-state index is 12.5. The largest absolute Gasteiger partial charge is 0.471 e. The highest BCUT2D eigenvalue weighted by Crippen LogP contribution is 2.34. The molecule has 2 bridgehead atoms. The Kier molecular flexibility index (Phi) is 4.87. The maximum Gasteiger partial charge on any atom is 0.271 e. The minimum absolute atomic E-state index is 0.111. The molecule has 2 aromatic rings. The molecule has 1 unspecified atom stereocenters. The Bertz CT molecular complexity index is 779. The lowest BCUT2D eigenvalue weighted by atomic mass is 9.98. The Morgan fingerprint density at radius 3 is 2.81 bits per heavy atom. The van der Waals surface area contributed by atoms with Gasteiger partial charge in [-0.2, -0.15) is 5.10 Å². The van der Waals surface area contributed by atoms with Crippen molar-refractivity contribution < 1.29 is 9.53 Å². The molecule has 2 aliphatic rings. The number of nitrogens with zero attached hydrogens (tertiary/aromatic N) is 3. The second-order valence-corrected chi connectivity index (χ2v) is 7.60. The monoisotopic (exact) mass is 374 g/mol. The van der Waals surface area contributed by atoms with Gasteiger partial charge in [0.05, 0.1) is 0 Å². The number of hydrogen-bond acceptors (Lipinski definition) is 4. The second kappa shape index (κ2) is 7.29. The number of hydrogen-bond donors (Lipinski definition) is 1. The quantitative estimate of drug-likeness (QED) is 0.874. The van der Waals surface area contributed by atoms with Crippen molar-refractivity contribution in [2.75, 3.05) is 7.05 Å². The average molecular weight is 375 g/mol. The van der Waals surface area contributed by atoms with Crippen molar-refractivity contribution in [1.29, 1.82) is 0 Å². The number of aromatic nitrogens is 2. The highest BCUT2D eigenvalue weighted by Gasteiger charge is 2.38. The summed E-state index contributed by atoms with van der Waals surface area (Å²) in [6.45, 7) is 0.228. The summed E-state index contributed by atoms with van der Waals surface area (Å²) in [5.41, 5.74) is 0.422. The van der Waals surface area contributed by atoms with Gasteiger partial charge in [0.2, 0.25) is 0 Å². The number of carbonyl (C=O) groups is 1. The predicted molar refractivity (Wildman–Crippen MR) is 99.4 cm³/mol. The Morgan fingerprint density at radius 2 is 2.08 bits per heavy atom. The van der Waals surface area contributed by atoms with E-state index < -0.39 is 0 Å². The molecular weight excluding hydrogens is 352 g/mol. The van der Waals surface area contributed by atoms with Gasteiger partial charge in [-0.3, -0.25) is 4.79 Å². The van der Waals surface area contributed by atoms with Crippen molar-refractivity contribution in [3.63, 3.8) is 0 Å². The molecule has 4 rings (SSSR count). The number of ether oxygens (including phenoxy) is 1. The number of piperidine rings is 1. The molecule has 7 heteroatoms. The fourth-order valence-corrected chi connectivity index (χ4v) is 4.22. The third-order valence-electron chi connectivity index (χ3n) is 5.47. The van der Waals surface area contributed by atoms with Gasteiger partial charge in [0.1, 0.15) is 11.4 Å². The van der Waals surface area contributed by atoms with Gasteiger partial charge in [0, 0.05) is 29.3 Å². The molecule has 2 fully saturated rings. The van der Waals surface area contributed by atoms with E-state index in [0.29, 0.717) is 28.5 Å². The first-order valence-corrected chi connectivity index (χ1v) is 9.41. The van der Waals surface area contributed by atoms with Crippen LogP contribution in [0.3, 0.4) is 0 Å². The SMILES string of the molecule is CN1[C@@H]2CC[C@H]1CC(NC(=O)c1ccn(COc3cccc(Cl)c3)n1)C2. The lowest BCUT2D eigenvalue weighted by molar-refractivity contribution is 0.0875. The van der Waals surface area contributed by atoms with Crippen LogP contribution in [0.15, 0.2) is 36.5 Å². The van der Waals surface area contributed by atoms with Gasteiger partial charge >= 0.3 is 0 Å². The Balaban J connectivity index is 1.32. The zero-order valence-corrected chi connectivity index (χ0v) is 15.5. The van der Waals surface area contributed by atoms with E-state index >= 15 is 0 Å². The van der Waals surface area contributed by atoms with Crippen molar-refractivity contribution in [1.82, 2.24) is 20.0 Å². The van der Waals surface area contributed by atoms with Crippen LogP contribution in [0.1, 0.15) is 36.2 Å². The van der Waals surface area contributed by atoms with Gasteiger partial charge in [-0.05, 0) is 57.0 Å². The zero-order chi connectivity index (χ0) is 18.1. The summed E-state index contributed by atoms with van der Waals surface area (Å²) in [6, 6.07) is 10.4. The van der Waals surface area contributed by atoms with Crippen LogP contribution in [0.5, 0.6) is 5.75 Å². The van der Waals surface area contributed by atoms with Crippen molar-refractivity contribution in [2.45, 2.75) is 50.5 Å². The molecule has 0 radical (unpaired) electrons. The fourth-order valence-electron chi connectivity index (χ4n) is 4.04. The van der Waals surface area contributed by atoms with Gasteiger partial charge in [-0.1, -0.05) is 17.7 Å². The van der Waals surface area contributed by atoms with E-state index in [-0.39, 0.29) is 18.7 Å². The molecule has 1 aromatic carbocycles. The van der Waals surface area contributed by atoms with E-state index in [4.69, 9.17) is 16.3 Å². The molecule has 6 nitrogen and oxygen atoms in total. The summed E-state index contributed by atoms with van der Waals surface area (Å²) in [5.74, 6) is 0.557. The smallest absolute Gasteiger partial charge is 0.271 e. The van der Waals surface area contributed by atoms with Crippen LogP contribution in [0, 0.1) is 0 Å². The van der Waals surface area contributed by atoms with Crippen LogP contribution in [0.2, 0.25) is 5.02 Å². The van der Waals surface area contributed by atoms with E-state index in [1.54, 1.807) is 29.1 Å². The highest BCUT2D eigenvalue weighted by molar-refractivity contribution is 6.30. The predicted octanol–water partition coefficient (Wildman–Crippen LogP) is 2.93. The van der Waals surface area contributed by atoms with E-state index in [1.165, 1.54) is 12.8 Å². The number of carbonyl (C=O) groups excluding carboxylic acids is 1. The number of nitrogens with one attached hydrogen (secondary N) is 1. The molecule has 2 aliphatic heterocycles. The van der Waals surface area contributed by atoms with E-state index in [1.807, 2.05) is 12.1 Å². The van der Waals surface area contributed by atoms with Gasteiger partial charge in [0.25, 0.3) is 5.91 Å². The summed E-state index contributed by atoms with van der Waals surface area (Å²) in [4.78, 5) is 15.0. The van der Waals surface area contributed by atoms with Crippen molar-refractivity contribution >= 4 is 17.5 Å². The number of rotatable bonds is 5. The van der Waals surface area contributed by atoms with Gasteiger partial charge in [-0.15, -0.1) is 0 Å². The number of amides is 1. The molecule has 3 heterocycles. The van der Waals surface area contributed by atoms with Crippen molar-refractivity contribution in [2.24, 2.45) is 0 Å². The summed E-state index contributed by atoms with van der Waals surface area (Å²) >= 11 is 5.94. The molecule has 0 aliphatic carbocycles. The molecule has 1 aromatic heterocycles. The van der Waals surface area contributed by atoms with Gasteiger partial charge in [0.15, 0.2) is 6.73 Å². The lowest BCUT2D eigenvalue weighted by Gasteiger charge is -2.36. The highest BCUT2D eigenvalue weighted by atomic mass is 35.5. The first kappa shape index (κ1) is 17.4. The number of fused-ring (bicyclic) bond motifs is 2. The van der Waals surface area contributed by atoms with Gasteiger partial charge in [-0.25, -0.2) is 4.68 Å². The minimum Gasteiger partial charge on any atom is -0.471 e. The van der Waals surface area contributed by atoms with Crippen molar-refractivity contribution in [3.8, 4) is 5.75 Å². The molecular formula is C19H23ClN4O2. The summed E-state index contributed by atoms with van der Waals surface area (Å²) in [7, 11) is 2.20. The first-order valence-electron chi connectivity index (χ1n) is 9.03. The van der Waals surface area contributed by atoms with Crippen LogP contribution in [0.25, 0.3) is 0 Å². The number of benzene rings is 1. The Morgan fingerprint density at radius 1 is 1.31 bits per heavy atom. The van der Waals surface area contributed by atoms with E-state index in [2.05, 4.69) is 22.4 Å². The molecule has 1 amide bonds. The molecule has 0 spiro atoms. The normalized spacial score (nSPS) is 25.2. The molecule has 3 atom stereocenters. The van der Waals surface area contributed by atoms with Crippen LogP contribution >= 0.6 is 11.6 Å². The average Bonchev–Trinajstić information content (AvgIpc) is 3.16. The first-order chi connectivity index (χ1) is 12.6. The molecule has 0 saturated carbocycles. The Hall–Kier alpha value is -2.05. The Labute approximate surface area is 158 Å². The topological polar surface area (TPSA) is 59.4 Å². The lowest BCUT2D eigenvalue weighted by Crippen LogP contribution is -2.48. The minimum atomic E-state index is -0.111. The zero-order valence-electron chi connectivity index (χ0n) is 14.8. The second-order valence-electron chi connectivity index (χ2n) is 7.16. The van der Waals surface area contributed by atoms with Gasteiger partial charge < -0.3 is 15.0 Å². The summed E-state index contributed by atoms with van der Waals surface area (Å²) in [5, 5.41) is 8.09.